The third-order valence-corrected chi connectivity index (χ3v) is 3.83. The van der Waals surface area contributed by atoms with E-state index in [1.54, 1.807) is 31.2 Å². The van der Waals surface area contributed by atoms with Crippen molar-refractivity contribution in [1.29, 1.82) is 0 Å². The molecule has 0 aliphatic rings. The van der Waals surface area contributed by atoms with Gasteiger partial charge in [-0.05, 0) is 25.0 Å². The van der Waals surface area contributed by atoms with Crippen LogP contribution in [0.5, 0.6) is 0 Å². The highest BCUT2D eigenvalue weighted by Crippen LogP contribution is 2.32. The normalized spacial score (nSPS) is 13.3. The Bertz CT molecular complexity index is 496. The van der Waals surface area contributed by atoms with E-state index in [1.165, 1.54) is 6.92 Å². The second kappa shape index (κ2) is 7.24. The minimum Gasteiger partial charge on any atom is -0.330 e. The first-order valence-electron chi connectivity index (χ1n) is 6.44. The largest absolute Gasteiger partial charge is 0.383 e. The van der Waals surface area contributed by atoms with Crippen LogP contribution in [-0.2, 0) is 4.79 Å². The Morgan fingerprint density at radius 1 is 1.33 bits per heavy atom. The van der Waals surface area contributed by atoms with E-state index in [0.29, 0.717) is 16.5 Å². The van der Waals surface area contributed by atoms with E-state index in [0.717, 1.165) is 4.90 Å². The quantitative estimate of drug-likeness (QED) is 0.668. The predicted octanol–water partition coefficient (Wildman–Crippen LogP) is 4.65. The molecule has 0 aliphatic carbocycles. The Morgan fingerprint density at radius 3 is 2.38 bits per heavy atom. The summed E-state index contributed by atoms with van der Waals surface area (Å²) in [6.45, 7) is 3.20. The van der Waals surface area contributed by atoms with Crippen LogP contribution in [-0.4, -0.2) is 29.7 Å². The number of carbonyl (C=O) groups excluding carboxylic acids is 1. The Kier molecular flexibility index (Phi) is 6.19. The van der Waals surface area contributed by atoms with Crippen molar-refractivity contribution in [2.45, 2.75) is 38.7 Å². The van der Waals surface area contributed by atoms with E-state index in [1.807, 2.05) is 0 Å². The van der Waals surface area contributed by atoms with E-state index in [2.05, 4.69) is 15.9 Å². The highest BCUT2D eigenvalue weighted by molar-refractivity contribution is 9.10. The molecule has 2 nitrogen and oxygen atoms in total. The van der Waals surface area contributed by atoms with Crippen molar-refractivity contribution in [3.8, 4) is 0 Å². The second-order valence-corrected chi connectivity index (χ2v) is 5.47. The summed E-state index contributed by atoms with van der Waals surface area (Å²) in [4.78, 5) is 12.6. The van der Waals surface area contributed by atoms with E-state index in [4.69, 9.17) is 0 Å². The lowest BCUT2D eigenvalue weighted by Gasteiger charge is -2.32. The van der Waals surface area contributed by atoms with Crippen LogP contribution in [0, 0.1) is 0 Å². The smallest absolute Gasteiger partial charge is 0.330 e. The molecule has 0 N–H and O–H groups in total. The number of hydrogen-bond donors (Lipinski definition) is 0. The molecule has 1 aromatic rings. The van der Waals surface area contributed by atoms with Gasteiger partial charge >= 0.3 is 12.3 Å². The van der Waals surface area contributed by atoms with Gasteiger partial charge in [-0.25, -0.2) is 8.78 Å². The first-order valence-corrected chi connectivity index (χ1v) is 7.24. The predicted molar refractivity (Wildman–Crippen MR) is 75.5 cm³/mol. The third kappa shape index (κ3) is 3.96. The monoisotopic (exact) mass is 369 g/mol. The molecule has 1 rings (SSSR count). The number of hydrogen-bond acceptors (Lipinski definition) is 1. The van der Waals surface area contributed by atoms with Crippen molar-refractivity contribution in [2.75, 3.05) is 6.54 Å². The van der Waals surface area contributed by atoms with Crippen LogP contribution < -0.4 is 0 Å². The number of rotatable bonds is 6. The van der Waals surface area contributed by atoms with Gasteiger partial charge in [-0.3, -0.25) is 4.79 Å². The van der Waals surface area contributed by atoms with E-state index < -0.39 is 24.3 Å². The standard InChI is InChI=1S/C14H16BrF4NO/c1-3-8-20(13(21)14(18,19)12(16)17)9(2)10-6-4-5-7-11(10)15/h4-7,9,12H,3,8H2,1-2H3. The van der Waals surface area contributed by atoms with Gasteiger partial charge < -0.3 is 4.90 Å². The zero-order valence-corrected chi connectivity index (χ0v) is 13.2. The molecule has 21 heavy (non-hydrogen) atoms. The van der Waals surface area contributed by atoms with Crippen LogP contribution in [0.2, 0.25) is 0 Å². The number of nitrogens with zero attached hydrogens (tertiary/aromatic N) is 1. The number of halogens is 5. The maximum Gasteiger partial charge on any atom is 0.383 e. The first kappa shape index (κ1) is 17.9. The Balaban J connectivity index is 3.12. The molecule has 118 valence electrons. The van der Waals surface area contributed by atoms with Gasteiger partial charge in [0.2, 0.25) is 0 Å². The molecule has 1 unspecified atom stereocenters. The molecule has 0 bridgehead atoms. The average Bonchev–Trinajstić information content (AvgIpc) is 2.43. The average molecular weight is 370 g/mol. The molecule has 0 spiro atoms. The third-order valence-electron chi connectivity index (χ3n) is 3.11. The fourth-order valence-electron chi connectivity index (χ4n) is 1.98. The second-order valence-electron chi connectivity index (χ2n) is 4.62. The summed E-state index contributed by atoms with van der Waals surface area (Å²) in [5.41, 5.74) is 0.587. The summed E-state index contributed by atoms with van der Waals surface area (Å²) < 4.78 is 52.1. The number of benzene rings is 1. The molecule has 0 aromatic heterocycles. The molecule has 0 heterocycles. The Hall–Kier alpha value is -1.11. The van der Waals surface area contributed by atoms with Crippen molar-refractivity contribution in [3.63, 3.8) is 0 Å². The van der Waals surface area contributed by atoms with Crippen LogP contribution >= 0.6 is 15.9 Å². The van der Waals surface area contributed by atoms with E-state index >= 15 is 0 Å². The van der Waals surface area contributed by atoms with Crippen LogP contribution in [0.1, 0.15) is 31.9 Å². The molecular weight excluding hydrogens is 354 g/mol. The topological polar surface area (TPSA) is 20.3 Å². The molecular formula is C14H16BrF4NO. The van der Waals surface area contributed by atoms with Gasteiger partial charge in [-0.15, -0.1) is 0 Å². The van der Waals surface area contributed by atoms with Crippen LogP contribution in [0.4, 0.5) is 17.6 Å². The van der Waals surface area contributed by atoms with E-state index in [-0.39, 0.29) is 6.54 Å². The van der Waals surface area contributed by atoms with Crippen molar-refractivity contribution in [2.24, 2.45) is 0 Å². The molecule has 0 saturated carbocycles. The maximum atomic E-state index is 13.3. The van der Waals surface area contributed by atoms with Crippen LogP contribution in [0.15, 0.2) is 28.7 Å². The molecule has 0 fully saturated rings. The summed E-state index contributed by atoms with van der Waals surface area (Å²) in [5.74, 6) is -6.52. The molecule has 7 heteroatoms. The van der Waals surface area contributed by atoms with Gasteiger partial charge in [0.05, 0.1) is 6.04 Å². The van der Waals surface area contributed by atoms with Crippen molar-refractivity contribution in [3.05, 3.63) is 34.3 Å². The van der Waals surface area contributed by atoms with E-state index in [9.17, 15) is 22.4 Å². The summed E-state index contributed by atoms with van der Waals surface area (Å²) in [5, 5.41) is 0. The fraction of sp³-hybridized carbons (Fsp3) is 0.500. The summed E-state index contributed by atoms with van der Waals surface area (Å²) in [6, 6.07) is 6.05. The minimum absolute atomic E-state index is 0.0242. The highest BCUT2D eigenvalue weighted by atomic mass is 79.9. The van der Waals surface area contributed by atoms with Gasteiger partial charge in [0.1, 0.15) is 0 Å². The van der Waals surface area contributed by atoms with Crippen molar-refractivity contribution >= 4 is 21.8 Å². The van der Waals surface area contributed by atoms with Crippen LogP contribution in [0.3, 0.4) is 0 Å². The number of amides is 1. The molecule has 0 aliphatic heterocycles. The molecule has 1 amide bonds. The van der Waals surface area contributed by atoms with Crippen LogP contribution in [0.25, 0.3) is 0 Å². The lowest BCUT2D eigenvalue weighted by molar-refractivity contribution is -0.182. The Labute approximate surface area is 129 Å². The maximum absolute atomic E-state index is 13.3. The molecule has 0 radical (unpaired) electrons. The number of carbonyl (C=O) groups is 1. The SMILES string of the molecule is CCCN(C(=O)C(F)(F)C(F)F)C(C)c1ccccc1Br. The highest BCUT2D eigenvalue weighted by Gasteiger charge is 2.51. The van der Waals surface area contributed by atoms with Gasteiger partial charge in [-0.1, -0.05) is 41.1 Å². The Morgan fingerprint density at radius 2 is 1.90 bits per heavy atom. The lowest BCUT2D eigenvalue weighted by Crippen LogP contribution is -2.48. The van der Waals surface area contributed by atoms with Gasteiger partial charge in [0.15, 0.2) is 0 Å². The zero-order valence-electron chi connectivity index (χ0n) is 11.6. The summed E-state index contributed by atoms with van der Waals surface area (Å²) in [7, 11) is 0. The van der Waals surface area contributed by atoms with Gasteiger partial charge in [0.25, 0.3) is 5.91 Å². The first-order chi connectivity index (χ1) is 9.73. The van der Waals surface area contributed by atoms with Gasteiger partial charge in [-0.2, -0.15) is 8.78 Å². The zero-order chi connectivity index (χ0) is 16.2. The van der Waals surface area contributed by atoms with Gasteiger partial charge in [0, 0.05) is 11.0 Å². The number of alkyl halides is 4. The van der Waals surface area contributed by atoms with Crippen molar-refractivity contribution < 1.29 is 22.4 Å². The summed E-state index contributed by atoms with van der Waals surface area (Å²) >= 11 is 3.27. The minimum atomic E-state index is -4.68. The lowest BCUT2D eigenvalue weighted by atomic mass is 10.1. The molecule has 1 atom stereocenters. The molecule has 0 saturated heterocycles. The summed E-state index contributed by atoms with van der Waals surface area (Å²) in [6.07, 6.45) is -3.63. The molecule has 1 aromatic carbocycles. The fourth-order valence-corrected chi connectivity index (χ4v) is 2.59. The van der Waals surface area contributed by atoms with Crippen molar-refractivity contribution in [1.82, 2.24) is 4.90 Å².